The summed E-state index contributed by atoms with van der Waals surface area (Å²) in [6.45, 7) is 10.8. The maximum atomic E-state index is 11.6. The van der Waals surface area contributed by atoms with Gasteiger partial charge in [-0.15, -0.1) is 0 Å². The van der Waals surface area contributed by atoms with E-state index in [0.717, 1.165) is 11.8 Å². The van der Waals surface area contributed by atoms with Crippen molar-refractivity contribution in [1.29, 1.82) is 0 Å². The van der Waals surface area contributed by atoms with Crippen LogP contribution in [-0.4, -0.2) is 67.6 Å². The molecule has 1 aromatic rings. The van der Waals surface area contributed by atoms with Crippen molar-refractivity contribution >= 4 is 21.7 Å². The molecule has 37 heavy (non-hydrogen) atoms. The average molecular weight is 544 g/mol. The number of methoxy groups -OCH3 is 1. The second-order valence-electron chi connectivity index (χ2n) is 10.6. The van der Waals surface area contributed by atoms with Crippen LogP contribution in [0.15, 0.2) is 23.8 Å². The lowest BCUT2D eigenvalue weighted by atomic mass is 9.81. The Morgan fingerprint density at radius 1 is 1.16 bits per heavy atom. The van der Waals surface area contributed by atoms with Gasteiger partial charge < -0.3 is 19.7 Å². The van der Waals surface area contributed by atoms with Crippen molar-refractivity contribution in [3.8, 4) is 11.5 Å². The molecule has 0 radical (unpaired) electrons. The van der Waals surface area contributed by atoms with E-state index in [2.05, 4.69) is 5.48 Å². The van der Waals surface area contributed by atoms with E-state index in [1.54, 1.807) is 18.1 Å². The van der Waals surface area contributed by atoms with Crippen LogP contribution in [0.4, 0.5) is 0 Å². The summed E-state index contributed by atoms with van der Waals surface area (Å²) in [7, 11) is -1.91. The monoisotopic (exact) mass is 543 g/mol. The first-order valence-electron chi connectivity index (χ1n) is 12.1. The fraction of sp³-hybridized carbons (Fsp3) is 0.654. The Morgan fingerprint density at radius 3 is 2.24 bits per heavy atom. The number of sulfone groups is 1. The molecule has 11 heteroatoms. The number of rotatable bonds is 15. The molecule has 0 aromatic heterocycles. The van der Waals surface area contributed by atoms with E-state index in [-0.39, 0.29) is 17.4 Å². The third-order valence-corrected chi connectivity index (χ3v) is 6.37. The lowest BCUT2D eigenvalue weighted by Crippen LogP contribution is -2.47. The number of aliphatic carboxylic acids is 1. The number of carbonyl (C=O) groups excluding carboxylic acids is 1. The van der Waals surface area contributed by atoms with Gasteiger partial charge in [-0.2, -0.15) is 5.48 Å². The van der Waals surface area contributed by atoms with Gasteiger partial charge in [0.25, 0.3) is 0 Å². The van der Waals surface area contributed by atoms with Crippen molar-refractivity contribution < 1.29 is 42.5 Å². The molecule has 0 amide bonds. The number of aliphatic hydroxyl groups excluding tert-OH is 1. The maximum Gasteiger partial charge on any atom is 0.311 e. The third-order valence-electron chi connectivity index (χ3n) is 5.82. The van der Waals surface area contributed by atoms with Gasteiger partial charge in [0.1, 0.15) is 12.0 Å². The molecule has 0 aliphatic carbocycles. The normalized spacial score (nSPS) is 15.4. The number of carbonyl (C=O) groups is 1. The fourth-order valence-corrected chi connectivity index (χ4v) is 3.94. The fourth-order valence-electron chi connectivity index (χ4n) is 3.60. The lowest BCUT2D eigenvalue weighted by molar-refractivity contribution is -0.140. The number of hydrogen-bond donors (Lipinski definition) is 3. The number of hydrogen-bond acceptors (Lipinski definition) is 9. The van der Waals surface area contributed by atoms with Gasteiger partial charge in [0.05, 0.1) is 30.2 Å². The van der Waals surface area contributed by atoms with Gasteiger partial charge >= 0.3 is 5.97 Å². The topological polar surface area (TPSA) is 148 Å². The van der Waals surface area contributed by atoms with Crippen LogP contribution in [0.3, 0.4) is 0 Å². The number of carboxylic acid groups (broad SMARTS) is 1. The lowest BCUT2D eigenvalue weighted by Gasteiger charge is -2.33. The Morgan fingerprint density at radius 2 is 1.78 bits per heavy atom. The number of aliphatic hydroxyl groups is 1. The van der Waals surface area contributed by atoms with Gasteiger partial charge in [-0.05, 0) is 70.1 Å². The van der Waals surface area contributed by atoms with Gasteiger partial charge in [0.15, 0.2) is 27.3 Å². The third kappa shape index (κ3) is 11.2. The number of ether oxygens (including phenoxy) is 2. The second kappa shape index (κ2) is 13.9. The molecule has 0 saturated heterocycles. The summed E-state index contributed by atoms with van der Waals surface area (Å²) in [5, 5.41) is 20.4. The minimum absolute atomic E-state index is 0.0556. The minimum atomic E-state index is -3.37. The quantitative estimate of drug-likeness (QED) is 0.223. The molecule has 3 N–H and O–H groups in total. The van der Waals surface area contributed by atoms with E-state index in [9.17, 15) is 28.2 Å². The largest absolute Gasteiger partial charge is 0.493 e. The first kappa shape index (κ1) is 32.6. The van der Waals surface area contributed by atoms with Crippen LogP contribution < -0.4 is 15.0 Å². The molecule has 0 bridgehead atoms. The molecule has 1 aromatic carbocycles. The standard InChI is InChI=1S/C26H41NO9S/c1-16(2)19(11-18-9-10-22(34-7)23(12-18)35-15-37(8,32)33)13-21(27-36-26(4,5)6)24(29)20(14-28)17(3)25(30)31/h9-10,12,16-17,19,21,24,27,29H,11,13,15H2,1-8H3,(H,30,31)/t17-,19+,21+,24+/m1/s1. The van der Waals surface area contributed by atoms with Crippen LogP contribution in [0.5, 0.6) is 11.5 Å². The Labute approximate surface area is 219 Å². The summed E-state index contributed by atoms with van der Waals surface area (Å²) < 4.78 is 33.9. The summed E-state index contributed by atoms with van der Waals surface area (Å²) in [5.41, 5.74) is 2.81. The molecule has 210 valence electrons. The Bertz CT molecular complexity index is 1060. The molecule has 0 saturated carbocycles. The minimum Gasteiger partial charge on any atom is -0.493 e. The van der Waals surface area contributed by atoms with Crippen molar-refractivity contribution in [3.63, 3.8) is 0 Å². The number of benzene rings is 1. The molecule has 0 aliphatic heterocycles. The molecular weight excluding hydrogens is 502 g/mol. The van der Waals surface area contributed by atoms with Crippen LogP contribution in [0.25, 0.3) is 0 Å². The molecule has 0 heterocycles. The first-order chi connectivity index (χ1) is 17.0. The molecule has 10 nitrogen and oxygen atoms in total. The summed E-state index contributed by atoms with van der Waals surface area (Å²) >= 11 is 0. The number of hydroxylamine groups is 1. The van der Waals surface area contributed by atoms with E-state index in [1.165, 1.54) is 14.0 Å². The van der Waals surface area contributed by atoms with E-state index in [0.29, 0.717) is 24.3 Å². The highest BCUT2D eigenvalue weighted by atomic mass is 32.2. The number of nitrogens with one attached hydrogen (secondary N) is 1. The van der Waals surface area contributed by atoms with Crippen molar-refractivity contribution in [3.05, 3.63) is 29.3 Å². The Hall–Kier alpha value is -2.43. The van der Waals surface area contributed by atoms with Crippen molar-refractivity contribution in [2.24, 2.45) is 17.8 Å². The van der Waals surface area contributed by atoms with Crippen LogP contribution in [0.2, 0.25) is 0 Å². The highest BCUT2D eigenvalue weighted by Crippen LogP contribution is 2.32. The van der Waals surface area contributed by atoms with Crippen LogP contribution in [0.1, 0.15) is 53.5 Å². The second-order valence-corrected chi connectivity index (χ2v) is 12.7. The molecule has 0 aliphatic rings. The summed E-state index contributed by atoms with van der Waals surface area (Å²) in [5.74, 6) is -0.590. The zero-order valence-electron chi connectivity index (χ0n) is 22.9. The Kier molecular flexibility index (Phi) is 12.3. The summed E-state index contributed by atoms with van der Waals surface area (Å²) in [6.07, 6.45) is 0.477. The zero-order valence-corrected chi connectivity index (χ0v) is 23.7. The van der Waals surface area contributed by atoms with Crippen LogP contribution in [0, 0.1) is 17.8 Å². The van der Waals surface area contributed by atoms with Gasteiger partial charge in [0.2, 0.25) is 0 Å². The van der Waals surface area contributed by atoms with E-state index in [1.807, 2.05) is 40.7 Å². The molecular formula is C26H41NO9S. The molecule has 0 fully saturated rings. The highest BCUT2D eigenvalue weighted by molar-refractivity contribution is 7.90. The first-order valence-corrected chi connectivity index (χ1v) is 14.1. The van der Waals surface area contributed by atoms with E-state index < -0.39 is 45.4 Å². The zero-order chi connectivity index (χ0) is 28.6. The maximum absolute atomic E-state index is 11.6. The Balaban J connectivity index is 3.28. The predicted molar refractivity (Wildman–Crippen MR) is 140 cm³/mol. The molecule has 4 atom stereocenters. The predicted octanol–water partition coefficient (Wildman–Crippen LogP) is 2.81. The van der Waals surface area contributed by atoms with Crippen molar-refractivity contribution in [2.75, 3.05) is 19.3 Å². The molecule has 1 rings (SSSR count). The summed E-state index contributed by atoms with van der Waals surface area (Å²) in [6, 6.07) is 4.45. The highest BCUT2D eigenvalue weighted by Gasteiger charge is 2.34. The molecule has 0 spiro atoms. The van der Waals surface area contributed by atoms with Gasteiger partial charge in [-0.1, -0.05) is 19.9 Å². The van der Waals surface area contributed by atoms with Crippen molar-refractivity contribution in [1.82, 2.24) is 5.48 Å². The van der Waals surface area contributed by atoms with Crippen LogP contribution >= 0.6 is 0 Å². The molecule has 0 unspecified atom stereocenters. The number of carboxylic acids is 1. The SMILES string of the molecule is COc1ccc(C[C@@H](C[C@H](NOC(C)(C)C)[C@@H](O)C(=C=O)[C@@H](C)C(=O)O)C(C)C)cc1OCS(C)(=O)=O. The van der Waals surface area contributed by atoms with Crippen molar-refractivity contribution in [2.45, 2.75) is 72.1 Å². The summed E-state index contributed by atoms with van der Waals surface area (Å²) in [4.78, 5) is 28.8. The van der Waals surface area contributed by atoms with Gasteiger partial charge in [-0.3, -0.25) is 9.63 Å². The van der Waals surface area contributed by atoms with Gasteiger partial charge in [-0.25, -0.2) is 13.2 Å². The van der Waals surface area contributed by atoms with E-state index >= 15 is 0 Å². The smallest absolute Gasteiger partial charge is 0.311 e. The average Bonchev–Trinajstić information content (AvgIpc) is 2.78. The van der Waals surface area contributed by atoms with Gasteiger partial charge in [0, 0.05) is 6.26 Å². The van der Waals surface area contributed by atoms with E-state index in [4.69, 9.17) is 14.3 Å². The van der Waals surface area contributed by atoms with Crippen LogP contribution in [-0.2, 0) is 30.7 Å².